The van der Waals surface area contributed by atoms with Gasteiger partial charge in [0, 0.05) is 9.86 Å². The topological polar surface area (TPSA) is 71.5 Å². The lowest BCUT2D eigenvalue weighted by atomic mass is 10.2. The Bertz CT molecular complexity index is 549. The van der Waals surface area contributed by atoms with Gasteiger partial charge in [-0.1, -0.05) is 6.07 Å². The average Bonchev–Trinajstić information content (AvgIpc) is 2.58. The SMILES string of the molecule is COC(=O)Oc1[nH]c2c(Br)cccc2c1O. The number of benzene rings is 1. The van der Waals surface area contributed by atoms with Crippen LogP contribution in [0.15, 0.2) is 22.7 Å². The first-order valence-corrected chi connectivity index (χ1v) is 5.17. The van der Waals surface area contributed by atoms with E-state index in [4.69, 9.17) is 4.74 Å². The number of methoxy groups -OCH3 is 1. The van der Waals surface area contributed by atoms with Gasteiger partial charge in [-0.25, -0.2) is 4.79 Å². The summed E-state index contributed by atoms with van der Waals surface area (Å²) in [5, 5.41) is 10.3. The summed E-state index contributed by atoms with van der Waals surface area (Å²) < 4.78 is 9.84. The molecule has 0 amide bonds. The van der Waals surface area contributed by atoms with E-state index < -0.39 is 6.16 Å². The van der Waals surface area contributed by atoms with Crippen molar-refractivity contribution in [1.82, 2.24) is 4.98 Å². The van der Waals surface area contributed by atoms with Gasteiger partial charge >= 0.3 is 6.16 Å². The molecule has 2 rings (SSSR count). The summed E-state index contributed by atoms with van der Waals surface area (Å²) in [7, 11) is 1.19. The molecular formula is C10H8BrNO4. The molecule has 0 atom stereocenters. The third-order valence-electron chi connectivity index (χ3n) is 2.07. The van der Waals surface area contributed by atoms with Crippen molar-refractivity contribution in [3.63, 3.8) is 0 Å². The maximum absolute atomic E-state index is 10.9. The molecule has 0 fully saturated rings. The lowest BCUT2D eigenvalue weighted by Crippen LogP contribution is -2.07. The van der Waals surface area contributed by atoms with E-state index in [0.717, 1.165) is 4.47 Å². The fourth-order valence-corrected chi connectivity index (χ4v) is 1.81. The number of para-hydroxylation sites is 1. The Kier molecular flexibility index (Phi) is 2.74. The molecule has 6 heteroatoms. The van der Waals surface area contributed by atoms with Crippen LogP contribution in [-0.2, 0) is 4.74 Å². The Balaban J connectivity index is 2.52. The number of hydrogen-bond acceptors (Lipinski definition) is 4. The summed E-state index contributed by atoms with van der Waals surface area (Å²) in [5.41, 5.74) is 0.652. The zero-order chi connectivity index (χ0) is 11.7. The predicted molar refractivity (Wildman–Crippen MR) is 60.7 cm³/mol. The molecular weight excluding hydrogens is 278 g/mol. The monoisotopic (exact) mass is 285 g/mol. The molecule has 1 heterocycles. The number of carbonyl (C=O) groups excluding carboxylic acids is 1. The Morgan fingerprint density at radius 1 is 1.50 bits per heavy atom. The molecule has 5 nitrogen and oxygen atoms in total. The van der Waals surface area contributed by atoms with Crippen LogP contribution in [0, 0.1) is 0 Å². The highest BCUT2D eigenvalue weighted by Gasteiger charge is 2.16. The number of rotatable bonds is 1. The lowest BCUT2D eigenvalue weighted by Gasteiger charge is -1.98. The molecule has 0 bridgehead atoms. The van der Waals surface area contributed by atoms with Gasteiger partial charge < -0.3 is 19.6 Å². The van der Waals surface area contributed by atoms with Crippen molar-refractivity contribution in [1.29, 1.82) is 0 Å². The number of aromatic amines is 1. The van der Waals surface area contributed by atoms with Gasteiger partial charge in [-0.3, -0.25) is 0 Å². The highest BCUT2D eigenvalue weighted by atomic mass is 79.9. The fraction of sp³-hybridized carbons (Fsp3) is 0.100. The highest BCUT2D eigenvalue weighted by Crippen LogP contribution is 2.37. The summed E-state index contributed by atoms with van der Waals surface area (Å²) in [6.45, 7) is 0. The number of aromatic hydroxyl groups is 1. The molecule has 0 aliphatic rings. The van der Waals surface area contributed by atoms with Gasteiger partial charge in [0.15, 0.2) is 5.75 Å². The Hall–Kier alpha value is -1.69. The van der Waals surface area contributed by atoms with Gasteiger partial charge in [-0.05, 0) is 28.1 Å². The molecule has 0 radical (unpaired) electrons. The Morgan fingerprint density at radius 2 is 2.25 bits per heavy atom. The Morgan fingerprint density at radius 3 is 2.88 bits per heavy atom. The zero-order valence-corrected chi connectivity index (χ0v) is 9.87. The number of halogens is 1. The molecule has 0 aliphatic heterocycles. The first-order chi connectivity index (χ1) is 7.63. The van der Waals surface area contributed by atoms with E-state index in [-0.39, 0.29) is 11.6 Å². The molecule has 2 N–H and O–H groups in total. The van der Waals surface area contributed by atoms with E-state index in [0.29, 0.717) is 10.9 Å². The van der Waals surface area contributed by atoms with Crippen LogP contribution in [0.25, 0.3) is 10.9 Å². The van der Waals surface area contributed by atoms with E-state index >= 15 is 0 Å². The van der Waals surface area contributed by atoms with E-state index in [1.54, 1.807) is 18.2 Å². The molecule has 0 unspecified atom stereocenters. The molecule has 84 valence electrons. The van der Waals surface area contributed by atoms with Gasteiger partial charge in [0.2, 0.25) is 5.88 Å². The van der Waals surface area contributed by atoms with E-state index in [1.165, 1.54) is 7.11 Å². The van der Waals surface area contributed by atoms with Crippen LogP contribution < -0.4 is 4.74 Å². The maximum atomic E-state index is 10.9. The summed E-state index contributed by atoms with van der Waals surface area (Å²) in [5.74, 6) is -0.157. The van der Waals surface area contributed by atoms with Crippen molar-refractivity contribution >= 4 is 33.0 Å². The second kappa shape index (κ2) is 4.05. The summed E-state index contributed by atoms with van der Waals surface area (Å²) in [6, 6.07) is 5.28. The molecule has 0 saturated carbocycles. The normalized spacial score (nSPS) is 10.4. The quantitative estimate of drug-likeness (QED) is 0.791. The van der Waals surface area contributed by atoms with E-state index in [9.17, 15) is 9.90 Å². The van der Waals surface area contributed by atoms with Crippen molar-refractivity contribution < 1.29 is 19.4 Å². The molecule has 0 aliphatic carbocycles. The molecule has 2 aromatic rings. The van der Waals surface area contributed by atoms with Crippen molar-refractivity contribution in [2.24, 2.45) is 0 Å². The van der Waals surface area contributed by atoms with Crippen LogP contribution in [0.5, 0.6) is 11.6 Å². The third-order valence-corrected chi connectivity index (χ3v) is 2.74. The molecule has 1 aromatic heterocycles. The second-order valence-corrected chi connectivity index (χ2v) is 3.88. The summed E-state index contributed by atoms with van der Waals surface area (Å²) in [6.07, 6.45) is -0.891. The minimum Gasteiger partial charge on any atom is -0.503 e. The number of H-pyrrole nitrogens is 1. The first-order valence-electron chi connectivity index (χ1n) is 4.38. The standard InChI is InChI=1S/C10H8BrNO4/c1-15-10(14)16-9-8(13)5-3-2-4-6(11)7(5)12-9/h2-4,12-13H,1H3. The van der Waals surface area contributed by atoms with Crippen LogP contribution in [0.1, 0.15) is 0 Å². The lowest BCUT2D eigenvalue weighted by molar-refractivity contribution is 0.118. The average molecular weight is 286 g/mol. The van der Waals surface area contributed by atoms with Gasteiger partial charge in [-0.15, -0.1) is 0 Å². The van der Waals surface area contributed by atoms with Crippen molar-refractivity contribution in [2.75, 3.05) is 7.11 Å². The van der Waals surface area contributed by atoms with Gasteiger partial charge in [0.05, 0.1) is 12.6 Å². The first kappa shape index (κ1) is 10.8. The second-order valence-electron chi connectivity index (χ2n) is 3.02. The third kappa shape index (κ3) is 1.71. The predicted octanol–water partition coefficient (Wildman–Crippen LogP) is 2.78. The van der Waals surface area contributed by atoms with Crippen LogP contribution in [0.3, 0.4) is 0 Å². The molecule has 0 saturated heterocycles. The Labute approximate surface area is 99.1 Å². The van der Waals surface area contributed by atoms with Crippen LogP contribution in [0.2, 0.25) is 0 Å². The maximum Gasteiger partial charge on any atom is 0.514 e. The van der Waals surface area contributed by atoms with E-state index in [2.05, 4.69) is 25.7 Å². The number of carbonyl (C=O) groups is 1. The zero-order valence-electron chi connectivity index (χ0n) is 8.28. The molecule has 0 spiro atoms. The number of nitrogens with one attached hydrogen (secondary N) is 1. The van der Waals surface area contributed by atoms with Crippen molar-refractivity contribution in [2.45, 2.75) is 0 Å². The summed E-state index contributed by atoms with van der Waals surface area (Å²) >= 11 is 3.31. The fourth-order valence-electron chi connectivity index (χ4n) is 1.34. The number of ether oxygens (including phenoxy) is 2. The van der Waals surface area contributed by atoms with Gasteiger partial charge in [0.25, 0.3) is 0 Å². The molecule has 1 aromatic carbocycles. The number of hydrogen-bond donors (Lipinski definition) is 2. The van der Waals surface area contributed by atoms with Crippen LogP contribution in [-0.4, -0.2) is 23.4 Å². The van der Waals surface area contributed by atoms with Gasteiger partial charge in [0.1, 0.15) is 0 Å². The molecule has 16 heavy (non-hydrogen) atoms. The van der Waals surface area contributed by atoms with Gasteiger partial charge in [-0.2, -0.15) is 0 Å². The number of fused-ring (bicyclic) bond motifs is 1. The minimum absolute atomic E-state index is 0.0336. The smallest absolute Gasteiger partial charge is 0.503 e. The largest absolute Gasteiger partial charge is 0.514 e. The van der Waals surface area contributed by atoms with E-state index in [1.807, 2.05) is 0 Å². The van der Waals surface area contributed by atoms with Crippen molar-refractivity contribution in [3.05, 3.63) is 22.7 Å². The summed E-state index contributed by atoms with van der Waals surface area (Å²) in [4.78, 5) is 13.7. The minimum atomic E-state index is -0.891. The number of aromatic nitrogens is 1. The van der Waals surface area contributed by atoms with Crippen molar-refractivity contribution in [3.8, 4) is 11.6 Å². The van der Waals surface area contributed by atoms with Crippen LogP contribution >= 0.6 is 15.9 Å². The highest BCUT2D eigenvalue weighted by molar-refractivity contribution is 9.10. The van der Waals surface area contributed by atoms with Crippen LogP contribution in [0.4, 0.5) is 4.79 Å².